The van der Waals surface area contributed by atoms with E-state index >= 15 is 0 Å². The molecule has 0 aromatic heterocycles. The number of fused-ring (bicyclic) bond motifs is 3. The second-order valence-corrected chi connectivity index (χ2v) is 14.4. The highest BCUT2D eigenvalue weighted by atomic mass is 32.2. The number of nitrogens with zero attached hydrogens (tertiary/aromatic N) is 1. The molecule has 3 nitrogen and oxygen atoms in total. The Kier molecular flexibility index (Phi) is 7.66. The van der Waals surface area contributed by atoms with Gasteiger partial charge in [-0.25, -0.2) is 0 Å². The first-order valence-corrected chi connectivity index (χ1v) is 15.1. The van der Waals surface area contributed by atoms with Crippen LogP contribution in [0.5, 0.6) is 0 Å². The van der Waals surface area contributed by atoms with E-state index in [0.717, 1.165) is 23.1 Å². The third kappa shape index (κ3) is 5.41. The summed E-state index contributed by atoms with van der Waals surface area (Å²) in [5.74, 6) is 6.81. The molecule has 0 N–H and O–H groups in total. The van der Waals surface area contributed by atoms with Crippen molar-refractivity contribution in [3.8, 4) is 0 Å². The fraction of sp³-hybridized carbons (Fsp3) is 1.00. The van der Waals surface area contributed by atoms with E-state index in [4.69, 9.17) is 8.85 Å². The average molecular weight is 404 g/mol. The third-order valence-electron chi connectivity index (χ3n) is 6.34. The Morgan fingerprint density at radius 1 is 1.00 bits per heavy atom. The van der Waals surface area contributed by atoms with Crippen LogP contribution in [0.3, 0.4) is 0 Å². The van der Waals surface area contributed by atoms with Crippen LogP contribution in [0, 0.1) is 17.8 Å². The van der Waals surface area contributed by atoms with E-state index in [-0.39, 0.29) is 12.2 Å². The van der Waals surface area contributed by atoms with Crippen LogP contribution in [-0.4, -0.2) is 67.9 Å². The Morgan fingerprint density at radius 3 is 2.16 bits per heavy atom. The molecule has 0 aromatic rings. The second kappa shape index (κ2) is 9.33. The lowest BCUT2D eigenvalue weighted by molar-refractivity contribution is -0.00355. The van der Waals surface area contributed by atoms with Gasteiger partial charge in [-0.2, -0.15) is 23.5 Å². The van der Waals surface area contributed by atoms with E-state index in [9.17, 15) is 0 Å². The molecular weight excluding hydrogens is 366 g/mol. The summed E-state index contributed by atoms with van der Waals surface area (Å²) in [7, 11) is -1.90. The van der Waals surface area contributed by atoms with Crippen LogP contribution in [0.4, 0.5) is 0 Å². The molecule has 25 heavy (non-hydrogen) atoms. The molecule has 0 radical (unpaired) electrons. The van der Waals surface area contributed by atoms with Crippen molar-refractivity contribution in [3.63, 3.8) is 0 Å². The van der Waals surface area contributed by atoms with Gasteiger partial charge < -0.3 is 13.8 Å². The van der Waals surface area contributed by atoms with Gasteiger partial charge in [-0.3, -0.25) is 0 Å². The van der Waals surface area contributed by atoms with E-state index in [1.807, 2.05) is 0 Å². The maximum absolute atomic E-state index is 6.16. The van der Waals surface area contributed by atoms with Crippen molar-refractivity contribution in [3.05, 3.63) is 0 Å². The lowest BCUT2D eigenvalue weighted by Gasteiger charge is -2.50. The first-order chi connectivity index (χ1) is 12.0. The molecule has 4 saturated heterocycles. The molecule has 2 bridgehead atoms. The average Bonchev–Trinajstić information content (AvgIpc) is 2.85. The van der Waals surface area contributed by atoms with Gasteiger partial charge >= 0.3 is 8.56 Å². The van der Waals surface area contributed by atoms with Crippen LogP contribution in [0.2, 0.25) is 6.55 Å². The van der Waals surface area contributed by atoms with Crippen molar-refractivity contribution >= 4 is 32.1 Å². The van der Waals surface area contributed by atoms with Crippen LogP contribution >= 0.6 is 23.5 Å². The van der Waals surface area contributed by atoms with Crippen LogP contribution in [-0.2, 0) is 8.85 Å². The van der Waals surface area contributed by atoms with Gasteiger partial charge in [-0.15, -0.1) is 0 Å². The first kappa shape index (κ1) is 20.5. The zero-order chi connectivity index (χ0) is 17.9. The van der Waals surface area contributed by atoms with Crippen LogP contribution < -0.4 is 0 Å². The Hall–Kier alpha value is 0.797. The summed E-state index contributed by atoms with van der Waals surface area (Å²) < 4.78 is 12.3. The van der Waals surface area contributed by atoms with Gasteiger partial charge in [-0.1, -0.05) is 6.92 Å². The summed E-state index contributed by atoms with van der Waals surface area (Å²) in [6.07, 6.45) is 4.83. The Morgan fingerprint density at radius 2 is 1.60 bits per heavy atom. The van der Waals surface area contributed by atoms with Crippen LogP contribution in [0.25, 0.3) is 0 Å². The van der Waals surface area contributed by atoms with E-state index in [1.54, 1.807) is 0 Å². The first-order valence-electron chi connectivity index (χ1n) is 10.2. The highest BCUT2D eigenvalue weighted by molar-refractivity contribution is 8.00. The number of thioether (sulfide) groups is 2. The molecule has 6 atom stereocenters. The summed E-state index contributed by atoms with van der Waals surface area (Å²) in [6.45, 7) is 12.9. The van der Waals surface area contributed by atoms with Gasteiger partial charge in [-0.05, 0) is 81.2 Å². The van der Waals surface area contributed by atoms with Gasteiger partial charge in [0.05, 0.1) is 12.2 Å². The van der Waals surface area contributed by atoms with Crippen molar-refractivity contribution in [2.45, 2.75) is 58.8 Å². The van der Waals surface area contributed by atoms with Crippen molar-refractivity contribution in [2.24, 2.45) is 17.8 Å². The normalized spacial score (nSPS) is 43.7. The molecule has 0 aromatic carbocycles. The van der Waals surface area contributed by atoms with Crippen LogP contribution in [0.1, 0.15) is 40.0 Å². The molecule has 6 heteroatoms. The molecular formula is C19H37NO2S2Si. The molecule has 0 saturated carbocycles. The summed E-state index contributed by atoms with van der Waals surface area (Å²) in [4.78, 5) is 2.75. The van der Waals surface area contributed by atoms with Crippen molar-refractivity contribution in [2.75, 3.05) is 42.3 Å². The van der Waals surface area contributed by atoms with Crippen molar-refractivity contribution in [1.82, 2.24) is 4.90 Å². The zero-order valence-electron chi connectivity index (χ0n) is 16.5. The zero-order valence-corrected chi connectivity index (χ0v) is 19.2. The van der Waals surface area contributed by atoms with Crippen molar-refractivity contribution < 1.29 is 8.85 Å². The molecule has 146 valence electrons. The van der Waals surface area contributed by atoms with Gasteiger partial charge in [0.25, 0.3) is 0 Å². The number of hydrogen-bond donors (Lipinski definition) is 0. The Labute approximate surface area is 164 Å². The summed E-state index contributed by atoms with van der Waals surface area (Å²) in [5.41, 5.74) is 0. The van der Waals surface area contributed by atoms with Gasteiger partial charge in [0.2, 0.25) is 0 Å². The number of piperidine rings is 3. The monoisotopic (exact) mass is 403 g/mol. The highest BCUT2D eigenvalue weighted by Gasteiger charge is 2.44. The topological polar surface area (TPSA) is 21.7 Å². The SMILES string of the molecule is CCSCCC1CN2CCC1C(CCSC[Si]1(C)OC(C)C(C)O1)C2. The fourth-order valence-electron chi connectivity index (χ4n) is 4.94. The van der Waals surface area contributed by atoms with Gasteiger partial charge in [0.15, 0.2) is 0 Å². The minimum absolute atomic E-state index is 0.279. The maximum Gasteiger partial charge on any atom is 0.345 e. The third-order valence-corrected chi connectivity index (χ3v) is 12.5. The van der Waals surface area contributed by atoms with Crippen LogP contribution in [0.15, 0.2) is 0 Å². The van der Waals surface area contributed by atoms with Gasteiger partial charge in [0.1, 0.15) is 0 Å². The van der Waals surface area contributed by atoms with E-state index in [0.29, 0.717) is 0 Å². The summed E-state index contributed by atoms with van der Waals surface area (Å²) in [5, 5.41) is 1.10. The molecule has 4 heterocycles. The molecule has 6 unspecified atom stereocenters. The highest BCUT2D eigenvalue weighted by Crippen LogP contribution is 2.41. The fourth-order valence-corrected chi connectivity index (χ4v) is 10.8. The molecule has 0 amide bonds. The number of hydrogen-bond acceptors (Lipinski definition) is 5. The summed E-state index contributed by atoms with van der Waals surface area (Å²) in [6, 6.07) is 0. The Balaban J connectivity index is 1.39. The van der Waals surface area contributed by atoms with Crippen molar-refractivity contribution in [1.29, 1.82) is 0 Å². The molecule has 0 spiro atoms. The largest absolute Gasteiger partial charge is 0.388 e. The van der Waals surface area contributed by atoms with E-state index in [1.165, 1.54) is 56.2 Å². The maximum atomic E-state index is 6.16. The molecule has 4 fully saturated rings. The van der Waals surface area contributed by atoms with Gasteiger partial charge in [0, 0.05) is 18.5 Å². The molecule has 4 rings (SSSR count). The molecule has 4 aliphatic heterocycles. The van der Waals surface area contributed by atoms with E-state index in [2.05, 4.69) is 55.7 Å². The van der Waals surface area contributed by atoms with E-state index < -0.39 is 8.56 Å². The minimum atomic E-state index is -1.90. The number of rotatable bonds is 9. The Bertz CT molecular complexity index is 418. The summed E-state index contributed by atoms with van der Waals surface area (Å²) >= 11 is 4.21. The second-order valence-electron chi connectivity index (χ2n) is 8.34. The standard InChI is InChI=1S/C19H37NO2S2Si/c1-5-23-10-7-17-12-20-9-6-19(17)18(13-20)8-11-24-14-25(4)21-15(2)16(3)22-25/h15-19H,5-14H2,1-4H3. The minimum Gasteiger partial charge on any atom is -0.388 e. The quantitative estimate of drug-likeness (QED) is 0.422. The smallest absolute Gasteiger partial charge is 0.345 e. The predicted octanol–water partition coefficient (Wildman–Crippen LogP) is 4.26. The molecule has 0 aliphatic carbocycles. The lowest BCUT2D eigenvalue weighted by atomic mass is 9.70. The molecule has 4 aliphatic rings. The predicted molar refractivity (Wildman–Crippen MR) is 114 cm³/mol. The lowest BCUT2D eigenvalue weighted by Crippen LogP contribution is -2.53.